The van der Waals surface area contributed by atoms with E-state index in [-0.39, 0.29) is 18.7 Å². The predicted molar refractivity (Wildman–Crippen MR) is 197 cm³/mol. The third-order valence-corrected chi connectivity index (χ3v) is 10.3. The molecule has 50 heavy (non-hydrogen) atoms. The van der Waals surface area contributed by atoms with Gasteiger partial charge in [0.15, 0.2) is 4.90 Å². The number of carbonyl (C=O) groups excluding carboxylic acids is 1. The van der Waals surface area contributed by atoms with Crippen LogP contribution in [0.3, 0.4) is 0 Å². The third kappa shape index (κ3) is 8.09. The van der Waals surface area contributed by atoms with Crippen LogP contribution >= 0.6 is 11.6 Å². The van der Waals surface area contributed by atoms with Gasteiger partial charge in [0.2, 0.25) is 5.95 Å². The molecule has 1 aliphatic carbocycles. The number of benzene rings is 3. The first-order valence-electron chi connectivity index (χ1n) is 16.5. The first-order valence-corrected chi connectivity index (χ1v) is 18.0. The molecule has 1 aliphatic rings. The van der Waals surface area contributed by atoms with Crippen molar-refractivity contribution in [2.75, 3.05) is 10.6 Å². The first-order chi connectivity index (χ1) is 24.5. The van der Waals surface area contributed by atoms with Crippen LogP contribution in [-0.2, 0) is 29.3 Å². The number of aromatic nitrogens is 4. The average Bonchev–Trinajstić information content (AvgIpc) is 3.54. The van der Waals surface area contributed by atoms with E-state index in [9.17, 15) is 9.35 Å². The van der Waals surface area contributed by atoms with Crippen LogP contribution in [0.2, 0.25) is 5.02 Å². The zero-order chi connectivity index (χ0) is 34.3. The number of hydrogen-bond donors (Lipinski definition) is 3. The monoisotopic (exact) mass is 705 g/mol. The van der Waals surface area contributed by atoms with Gasteiger partial charge in [-0.25, -0.2) is 14.8 Å². The molecule has 3 aromatic carbocycles. The van der Waals surface area contributed by atoms with E-state index in [0.29, 0.717) is 33.8 Å². The van der Waals surface area contributed by atoms with Crippen molar-refractivity contribution in [2.24, 2.45) is 0 Å². The van der Waals surface area contributed by atoms with Gasteiger partial charge in [-0.15, -0.1) is 0 Å². The zero-order valence-corrected chi connectivity index (χ0v) is 28.7. The molecular weight excluding hydrogens is 670 g/mol. The molecule has 3 heterocycles. The molecule has 10 nitrogen and oxygen atoms in total. The van der Waals surface area contributed by atoms with Crippen LogP contribution in [0.4, 0.5) is 16.4 Å². The Morgan fingerprint density at radius 3 is 2.48 bits per heavy atom. The number of amides is 1. The van der Waals surface area contributed by atoms with Crippen LogP contribution in [0, 0.1) is 0 Å². The largest absolute Gasteiger partial charge is 0.587 e. The highest BCUT2D eigenvalue weighted by atomic mass is 35.5. The van der Waals surface area contributed by atoms with E-state index in [2.05, 4.69) is 25.9 Å². The Hall–Kier alpha value is -4.94. The number of nitrogens with zero attached hydrogens (tertiary/aromatic N) is 4. The van der Waals surface area contributed by atoms with Gasteiger partial charge in [0.05, 0.1) is 46.2 Å². The maximum Gasteiger partial charge on any atom is 0.412 e. The van der Waals surface area contributed by atoms with Crippen LogP contribution < -0.4 is 16.0 Å². The average molecular weight is 706 g/mol. The van der Waals surface area contributed by atoms with Gasteiger partial charge in [-0.3, -0.25) is 10.3 Å². The Balaban J connectivity index is 0.962. The van der Waals surface area contributed by atoms with Gasteiger partial charge < -0.3 is 19.9 Å². The molecule has 1 saturated carbocycles. The van der Waals surface area contributed by atoms with Gasteiger partial charge in [-0.2, -0.15) is 3.97 Å². The van der Waals surface area contributed by atoms with Crippen LogP contribution in [0.25, 0.3) is 22.2 Å². The fraction of sp³-hybridized carbons (Fsp3) is 0.211. The normalized spacial score (nSPS) is 16.5. The second-order valence-electron chi connectivity index (χ2n) is 12.1. The fourth-order valence-electron chi connectivity index (χ4n) is 6.17. The summed E-state index contributed by atoms with van der Waals surface area (Å²) in [7, 11) is 0. The van der Waals surface area contributed by atoms with Crippen molar-refractivity contribution in [3.8, 4) is 11.3 Å². The molecule has 0 aliphatic heterocycles. The molecule has 0 radical (unpaired) electrons. The Bertz CT molecular complexity index is 2050. The molecule has 1 amide bonds. The lowest BCUT2D eigenvalue weighted by Crippen LogP contribution is -2.39. The van der Waals surface area contributed by atoms with Gasteiger partial charge in [0.1, 0.15) is 18.0 Å². The van der Waals surface area contributed by atoms with E-state index in [0.717, 1.165) is 53.4 Å². The smallest absolute Gasteiger partial charge is 0.412 e. The van der Waals surface area contributed by atoms with E-state index >= 15 is 0 Å². The molecule has 0 bridgehead atoms. The van der Waals surface area contributed by atoms with Crippen molar-refractivity contribution < 1.29 is 14.1 Å². The number of para-hydroxylation sites is 1. The van der Waals surface area contributed by atoms with Gasteiger partial charge in [0.25, 0.3) is 0 Å². The van der Waals surface area contributed by atoms with E-state index in [4.69, 9.17) is 21.3 Å². The highest BCUT2D eigenvalue weighted by Crippen LogP contribution is 2.36. The third-order valence-electron chi connectivity index (χ3n) is 8.66. The summed E-state index contributed by atoms with van der Waals surface area (Å²) in [5.74, 6) is 0.503. The number of rotatable bonds is 11. The Kier molecular flexibility index (Phi) is 10.6. The van der Waals surface area contributed by atoms with Gasteiger partial charge in [0, 0.05) is 29.6 Å². The molecule has 0 saturated heterocycles. The summed E-state index contributed by atoms with van der Waals surface area (Å²) < 4.78 is 20.6. The Labute approximate surface area is 298 Å². The van der Waals surface area contributed by atoms with Crippen molar-refractivity contribution in [1.29, 1.82) is 0 Å². The standard InChI is InChI=1S/C38H36ClN7O3S/c39-34-23-42-37(45-36(34)33-24-46(35-17-8-7-16-32(33)35)50(48)31-14-5-2-6-15-31)43-28-13-9-12-27(20-28)40-21-29-18-19-30(22-41-29)44-38(47)49-25-26-10-3-1-4-11-26/h1-8,10-11,14-19,22-24,27-28,40H,9,12-13,20-21,25H2,(H,44,47)(H,42,43,45)/t27-,28+,50?/m0/s1. The summed E-state index contributed by atoms with van der Waals surface area (Å²) in [6.07, 6.45) is 8.59. The lowest BCUT2D eigenvalue weighted by Gasteiger charge is -2.30. The van der Waals surface area contributed by atoms with Crippen LogP contribution in [0.5, 0.6) is 0 Å². The molecule has 1 fully saturated rings. The van der Waals surface area contributed by atoms with Crippen LogP contribution in [0.15, 0.2) is 121 Å². The maximum atomic E-state index is 13.6. The minimum atomic E-state index is -1.44. The van der Waals surface area contributed by atoms with E-state index in [1.807, 2.05) is 103 Å². The highest BCUT2D eigenvalue weighted by molar-refractivity contribution is 7.90. The van der Waals surface area contributed by atoms with Crippen molar-refractivity contribution in [1.82, 2.24) is 24.2 Å². The summed E-state index contributed by atoms with van der Waals surface area (Å²) in [6.45, 7) is 0.806. The first kappa shape index (κ1) is 33.6. The van der Waals surface area contributed by atoms with Crippen LogP contribution in [-0.4, -0.2) is 41.7 Å². The number of carbonyl (C=O) groups is 1. The molecule has 3 N–H and O–H groups in total. The SMILES string of the molecule is O=C(Nc1ccc(CN[C@H]2CCC[C@@H](Nc3ncc(Cl)c(-c4cn([S+]([O-])c5ccccc5)c5ccccc45)n3)C2)nc1)OCc1ccccc1. The van der Waals surface area contributed by atoms with Gasteiger partial charge >= 0.3 is 6.09 Å². The molecule has 3 aromatic heterocycles. The lowest BCUT2D eigenvalue weighted by atomic mass is 9.91. The number of ether oxygens (including phenoxy) is 1. The molecular formula is C38H36ClN7O3S. The number of nitrogens with one attached hydrogen (secondary N) is 3. The van der Waals surface area contributed by atoms with Gasteiger partial charge in [-0.05, 0) is 61.6 Å². The molecule has 6 aromatic rings. The number of fused-ring (bicyclic) bond motifs is 1. The fourth-order valence-corrected chi connectivity index (χ4v) is 7.52. The second-order valence-corrected chi connectivity index (χ2v) is 13.9. The lowest BCUT2D eigenvalue weighted by molar-refractivity contribution is 0.155. The number of anilines is 2. The van der Waals surface area contributed by atoms with Gasteiger partial charge in [-0.1, -0.05) is 78.3 Å². The molecule has 0 spiro atoms. The Morgan fingerprint density at radius 1 is 0.920 bits per heavy atom. The van der Waals surface area contributed by atoms with Crippen molar-refractivity contribution in [2.45, 2.75) is 55.8 Å². The highest BCUT2D eigenvalue weighted by Gasteiger charge is 2.25. The molecule has 3 atom stereocenters. The van der Waals surface area contributed by atoms with E-state index < -0.39 is 17.5 Å². The summed E-state index contributed by atoms with van der Waals surface area (Å²) in [4.78, 5) is 26.8. The van der Waals surface area contributed by atoms with E-state index in [1.54, 1.807) is 16.4 Å². The number of hydrogen-bond acceptors (Lipinski definition) is 8. The summed E-state index contributed by atoms with van der Waals surface area (Å²) >= 11 is 5.25. The topological polar surface area (TPSA) is 129 Å². The molecule has 254 valence electrons. The van der Waals surface area contributed by atoms with E-state index in [1.165, 1.54) is 0 Å². The Morgan fingerprint density at radius 2 is 1.68 bits per heavy atom. The molecule has 1 unspecified atom stereocenters. The summed E-state index contributed by atoms with van der Waals surface area (Å²) in [5.41, 5.74) is 4.58. The minimum Gasteiger partial charge on any atom is -0.587 e. The molecule has 12 heteroatoms. The summed E-state index contributed by atoms with van der Waals surface area (Å²) in [5, 5.41) is 11.2. The molecule has 7 rings (SSSR count). The van der Waals surface area contributed by atoms with Crippen LogP contribution in [0.1, 0.15) is 36.9 Å². The van der Waals surface area contributed by atoms with Crippen molar-refractivity contribution in [3.63, 3.8) is 0 Å². The maximum absolute atomic E-state index is 13.6. The quantitative estimate of drug-likeness (QED) is 0.116. The predicted octanol–water partition coefficient (Wildman–Crippen LogP) is 7.98. The summed E-state index contributed by atoms with van der Waals surface area (Å²) in [6, 6.07) is 30.9. The van der Waals surface area contributed by atoms with Crippen molar-refractivity contribution >= 4 is 51.6 Å². The van der Waals surface area contributed by atoms with Crippen molar-refractivity contribution in [3.05, 3.63) is 132 Å². The minimum absolute atomic E-state index is 0.170. The number of pyridine rings is 1. The number of halogens is 1. The second kappa shape index (κ2) is 15.7. The zero-order valence-electron chi connectivity index (χ0n) is 27.2.